The second kappa shape index (κ2) is 6.24. The molecule has 10 atom stereocenters. The number of carbonyl (C=O) groups excluding carboxylic acids is 1. The Bertz CT molecular complexity index is 1200. The minimum atomic E-state index is -2.74. The molecule has 5 fully saturated rings. The minimum absolute atomic E-state index is 0.0214. The van der Waals surface area contributed by atoms with E-state index in [0.717, 1.165) is 0 Å². The Labute approximate surface area is 207 Å². The molecule has 198 valence electrons. The van der Waals surface area contributed by atoms with Crippen molar-refractivity contribution >= 4 is 5.97 Å². The third kappa shape index (κ3) is 1.76. The van der Waals surface area contributed by atoms with Crippen LogP contribution < -0.4 is 0 Å². The van der Waals surface area contributed by atoms with E-state index in [1.807, 2.05) is 0 Å². The Morgan fingerprint density at radius 2 is 1.89 bits per heavy atom. The van der Waals surface area contributed by atoms with Gasteiger partial charge in [0.05, 0.1) is 12.0 Å². The molecule has 2 saturated heterocycles. The average Bonchev–Trinajstić information content (AvgIpc) is 3.43. The first-order chi connectivity index (χ1) is 16.6. The summed E-state index contributed by atoms with van der Waals surface area (Å²) < 4.78 is 11.9. The lowest BCUT2D eigenvalue weighted by molar-refractivity contribution is -0.380. The molecule has 6 aliphatic rings. The summed E-state index contributed by atoms with van der Waals surface area (Å²) in [5.41, 5.74) is -16.2. The SMILES string of the molecule is CC(C)[C@@]1(O)[C@@H](OC(=O)c2ccc[nH]2)[C@@]2(O)[C@@]3(C)C[C@@]4(O)O[C@@]5([C@@H](O)C(CO)=CC[C@]35O)[C@@]2(O)[C@@]41C. The van der Waals surface area contributed by atoms with Crippen LogP contribution in [0.15, 0.2) is 30.0 Å². The van der Waals surface area contributed by atoms with E-state index in [2.05, 4.69) is 4.98 Å². The molecule has 6 bridgehead atoms. The molecule has 3 heterocycles. The molecular formula is C25H33NO10. The molecule has 0 radical (unpaired) electrons. The Kier molecular flexibility index (Phi) is 4.25. The molecule has 4 aliphatic carbocycles. The lowest BCUT2D eigenvalue weighted by Crippen LogP contribution is -2.74. The first-order valence-electron chi connectivity index (χ1n) is 12.2. The van der Waals surface area contributed by atoms with Crippen molar-refractivity contribution in [2.45, 2.75) is 86.5 Å². The molecule has 1 aromatic heterocycles. The quantitative estimate of drug-likeness (QED) is 0.179. The summed E-state index contributed by atoms with van der Waals surface area (Å²) in [6, 6.07) is 3.00. The van der Waals surface area contributed by atoms with Crippen molar-refractivity contribution in [1.29, 1.82) is 0 Å². The van der Waals surface area contributed by atoms with E-state index < -0.39 is 81.7 Å². The van der Waals surface area contributed by atoms with Crippen LogP contribution >= 0.6 is 0 Å². The van der Waals surface area contributed by atoms with Crippen molar-refractivity contribution in [3.8, 4) is 0 Å². The van der Waals surface area contributed by atoms with Gasteiger partial charge in [-0.2, -0.15) is 0 Å². The second-order valence-corrected chi connectivity index (χ2v) is 12.0. The van der Waals surface area contributed by atoms with E-state index in [-0.39, 0.29) is 17.7 Å². The number of nitrogens with one attached hydrogen (secondary N) is 1. The molecule has 3 saturated carbocycles. The highest BCUT2D eigenvalue weighted by Crippen LogP contribution is 2.90. The van der Waals surface area contributed by atoms with Gasteiger partial charge in [0.25, 0.3) is 0 Å². The molecular weight excluding hydrogens is 474 g/mol. The molecule has 36 heavy (non-hydrogen) atoms. The first kappa shape index (κ1) is 24.5. The maximum atomic E-state index is 13.2. The lowest BCUT2D eigenvalue weighted by atomic mass is 9.52. The Hall–Kier alpha value is -1.83. The van der Waals surface area contributed by atoms with Gasteiger partial charge in [-0.1, -0.05) is 26.8 Å². The highest BCUT2D eigenvalue weighted by Gasteiger charge is 3.10. The minimum Gasteiger partial charge on any atom is -0.451 e. The fraction of sp³-hybridized carbons (Fsp3) is 0.720. The number of aromatic nitrogens is 1. The zero-order chi connectivity index (χ0) is 26.5. The number of carbonyl (C=O) groups is 1. The molecule has 0 unspecified atom stereocenters. The number of esters is 1. The predicted molar refractivity (Wildman–Crippen MR) is 120 cm³/mol. The number of hydrogen-bond acceptors (Lipinski definition) is 10. The molecule has 11 heteroatoms. The third-order valence-corrected chi connectivity index (χ3v) is 11.0. The first-order valence-corrected chi connectivity index (χ1v) is 12.2. The van der Waals surface area contributed by atoms with Crippen molar-refractivity contribution in [3.05, 3.63) is 35.7 Å². The number of H-pyrrole nitrogens is 1. The van der Waals surface area contributed by atoms with Crippen LogP contribution in [0.1, 0.15) is 51.0 Å². The average molecular weight is 508 g/mol. The normalized spacial score (nSPS) is 56.3. The third-order valence-electron chi connectivity index (χ3n) is 11.0. The summed E-state index contributed by atoms with van der Waals surface area (Å²) in [6.45, 7) is 5.29. The van der Waals surface area contributed by atoms with Gasteiger partial charge in [0, 0.05) is 18.0 Å². The summed E-state index contributed by atoms with van der Waals surface area (Å²) in [7, 11) is 0. The smallest absolute Gasteiger partial charge is 0.355 e. The molecule has 1 aromatic rings. The van der Waals surface area contributed by atoms with Gasteiger partial charge in [0.15, 0.2) is 17.5 Å². The number of aliphatic hydroxyl groups excluding tert-OH is 2. The van der Waals surface area contributed by atoms with Crippen LogP contribution in [0.2, 0.25) is 0 Å². The summed E-state index contributed by atoms with van der Waals surface area (Å²) in [5.74, 6) is -4.11. The van der Waals surface area contributed by atoms with E-state index in [1.165, 1.54) is 32.2 Å². The maximum absolute atomic E-state index is 13.2. The van der Waals surface area contributed by atoms with Crippen LogP contribution in [-0.4, -0.2) is 99.3 Å². The van der Waals surface area contributed by atoms with E-state index in [4.69, 9.17) is 9.47 Å². The largest absolute Gasteiger partial charge is 0.451 e. The van der Waals surface area contributed by atoms with Crippen LogP contribution in [0.5, 0.6) is 0 Å². The van der Waals surface area contributed by atoms with Gasteiger partial charge in [-0.3, -0.25) is 0 Å². The standard InChI is InChI=1S/C25H33NO10/c1-12(2)22(32)17(35-16(29)14-6-5-9-26-14)23(33)18(3)11-21(31)19(22,4)25(23,34)24(36-21)15(28)13(10-27)7-8-20(18,24)30/h5-7,9,12,15,17,26-28,30-34H,8,10-11H2,1-4H3/t15-,17+,18-,19-,20-,21+,22+,23+,24+,25+/m0/s1. The van der Waals surface area contributed by atoms with Gasteiger partial charge >= 0.3 is 5.97 Å². The van der Waals surface area contributed by atoms with Crippen LogP contribution in [0.25, 0.3) is 0 Å². The van der Waals surface area contributed by atoms with Crippen LogP contribution in [0.3, 0.4) is 0 Å². The topological polar surface area (TPSA) is 193 Å². The predicted octanol–water partition coefficient (Wildman–Crippen LogP) is -1.30. The van der Waals surface area contributed by atoms with Crippen molar-refractivity contribution in [3.63, 3.8) is 0 Å². The Balaban J connectivity index is 1.69. The van der Waals surface area contributed by atoms with Crippen LogP contribution in [-0.2, 0) is 9.47 Å². The monoisotopic (exact) mass is 507 g/mol. The Morgan fingerprint density at radius 1 is 1.22 bits per heavy atom. The molecule has 7 rings (SSSR count). The van der Waals surface area contributed by atoms with E-state index in [0.29, 0.717) is 0 Å². The summed E-state index contributed by atoms with van der Waals surface area (Å²) >= 11 is 0. The molecule has 8 N–H and O–H groups in total. The molecule has 0 aromatic carbocycles. The van der Waals surface area contributed by atoms with Gasteiger partial charge in [0.2, 0.25) is 0 Å². The van der Waals surface area contributed by atoms with Gasteiger partial charge in [-0.05, 0) is 37.0 Å². The highest BCUT2D eigenvalue weighted by atomic mass is 16.7. The van der Waals surface area contributed by atoms with Crippen molar-refractivity contribution in [2.75, 3.05) is 6.61 Å². The zero-order valence-corrected chi connectivity index (χ0v) is 20.5. The van der Waals surface area contributed by atoms with E-state index in [1.54, 1.807) is 19.9 Å². The fourth-order valence-electron chi connectivity index (χ4n) is 9.25. The van der Waals surface area contributed by atoms with Crippen molar-refractivity contribution in [1.82, 2.24) is 4.98 Å². The summed E-state index contributed by atoms with van der Waals surface area (Å²) in [6.07, 6.45) is -1.48. The number of aromatic amines is 1. The zero-order valence-electron chi connectivity index (χ0n) is 20.5. The van der Waals surface area contributed by atoms with Gasteiger partial charge in [-0.25, -0.2) is 4.79 Å². The van der Waals surface area contributed by atoms with Gasteiger partial charge in [-0.15, -0.1) is 0 Å². The molecule has 11 nitrogen and oxygen atoms in total. The van der Waals surface area contributed by atoms with Gasteiger partial charge in [0.1, 0.15) is 34.2 Å². The highest BCUT2D eigenvalue weighted by molar-refractivity contribution is 5.87. The van der Waals surface area contributed by atoms with Crippen molar-refractivity contribution < 1.29 is 50.0 Å². The maximum Gasteiger partial charge on any atom is 0.355 e. The van der Waals surface area contributed by atoms with Crippen LogP contribution in [0.4, 0.5) is 0 Å². The van der Waals surface area contributed by atoms with Crippen molar-refractivity contribution in [2.24, 2.45) is 16.7 Å². The lowest BCUT2D eigenvalue weighted by Gasteiger charge is -2.59. The second-order valence-electron chi connectivity index (χ2n) is 12.0. The summed E-state index contributed by atoms with van der Waals surface area (Å²) in [4.78, 5) is 15.9. The molecule has 1 spiro atoms. The summed E-state index contributed by atoms with van der Waals surface area (Å²) in [5, 5.41) is 83.7. The number of hydrogen-bond donors (Lipinski definition) is 8. The fourth-order valence-corrected chi connectivity index (χ4v) is 9.25. The number of aliphatic hydroxyl groups is 7. The Morgan fingerprint density at radius 3 is 2.44 bits per heavy atom. The number of ether oxygens (including phenoxy) is 2. The molecule has 0 amide bonds. The van der Waals surface area contributed by atoms with E-state index in [9.17, 15) is 40.5 Å². The number of rotatable bonds is 4. The van der Waals surface area contributed by atoms with E-state index >= 15 is 0 Å². The van der Waals surface area contributed by atoms with Crippen LogP contribution in [0, 0.1) is 16.7 Å². The molecule has 2 aliphatic heterocycles. The van der Waals surface area contributed by atoms with Gasteiger partial charge < -0.3 is 50.2 Å².